The standard InChI is InChI=1S/C7H11F3N4S/c1-11-3-4-14(2)6-12-5(13-15-6)7(8,9)10/h11H,3-4H2,1-2H3. The van der Waals surface area contributed by atoms with Crippen molar-refractivity contribution in [1.82, 2.24) is 14.7 Å². The summed E-state index contributed by atoms with van der Waals surface area (Å²) in [6, 6.07) is 0. The number of hydrogen-bond donors (Lipinski definition) is 1. The highest BCUT2D eigenvalue weighted by Gasteiger charge is 2.36. The lowest BCUT2D eigenvalue weighted by molar-refractivity contribution is -0.144. The topological polar surface area (TPSA) is 41.0 Å². The lowest BCUT2D eigenvalue weighted by atomic mass is 10.6. The zero-order valence-corrected chi connectivity index (χ0v) is 9.11. The first-order valence-electron chi connectivity index (χ1n) is 4.22. The van der Waals surface area contributed by atoms with Gasteiger partial charge in [0, 0.05) is 31.7 Å². The fraction of sp³-hybridized carbons (Fsp3) is 0.714. The summed E-state index contributed by atoms with van der Waals surface area (Å²) in [6.07, 6.45) is -4.46. The smallest absolute Gasteiger partial charge is 0.349 e. The van der Waals surface area contributed by atoms with Crippen molar-refractivity contribution in [2.75, 3.05) is 32.1 Å². The molecule has 1 aromatic rings. The molecule has 0 fully saturated rings. The molecule has 0 radical (unpaired) electrons. The van der Waals surface area contributed by atoms with Crippen LogP contribution in [0.2, 0.25) is 0 Å². The Morgan fingerprint density at radius 2 is 2.13 bits per heavy atom. The molecule has 0 unspecified atom stereocenters. The van der Waals surface area contributed by atoms with Crippen molar-refractivity contribution in [2.24, 2.45) is 0 Å². The third-order valence-corrected chi connectivity index (χ3v) is 2.52. The largest absolute Gasteiger partial charge is 0.452 e. The average molecular weight is 240 g/mol. The molecule has 86 valence electrons. The van der Waals surface area contributed by atoms with Crippen molar-refractivity contribution >= 4 is 16.7 Å². The van der Waals surface area contributed by atoms with E-state index >= 15 is 0 Å². The average Bonchev–Trinajstić information content (AvgIpc) is 2.62. The molecule has 0 bridgehead atoms. The molecule has 15 heavy (non-hydrogen) atoms. The normalized spacial score (nSPS) is 11.8. The minimum absolute atomic E-state index is 0.276. The number of halogens is 3. The van der Waals surface area contributed by atoms with E-state index in [4.69, 9.17) is 0 Å². The zero-order chi connectivity index (χ0) is 11.5. The van der Waals surface area contributed by atoms with E-state index in [1.165, 1.54) is 0 Å². The van der Waals surface area contributed by atoms with Crippen molar-refractivity contribution in [3.63, 3.8) is 0 Å². The fourth-order valence-electron chi connectivity index (χ4n) is 0.861. The molecule has 8 heteroatoms. The number of alkyl halides is 3. The molecule has 0 spiro atoms. The highest BCUT2D eigenvalue weighted by atomic mass is 32.1. The number of nitrogens with zero attached hydrogens (tertiary/aromatic N) is 3. The number of anilines is 1. The maximum atomic E-state index is 12.2. The maximum Gasteiger partial charge on any atom is 0.452 e. The van der Waals surface area contributed by atoms with Gasteiger partial charge in [-0.1, -0.05) is 0 Å². The third-order valence-electron chi connectivity index (χ3n) is 1.69. The Kier molecular flexibility index (Phi) is 3.86. The second-order valence-corrected chi connectivity index (χ2v) is 3.65. The Bertz CT molecular complexity index is 311. The quantitative estimate of drug-likeness (QED) is 0.859. The monoisotopic (exact) mass is 240 g/mol. The molecule has 1 rings (SSSR count). The van der Waals surface area contributed by atoms with E-state index in [-0.39, 0.29) is 5.13 Å². The highest BCUT2D eigenvalue weighted by Crippen LogP contribution is 2.29. The van der Waals surface area contributed by atoms with Crippen molar-refractivity contribution in [2.45, 2.75) is 6.18 Å². The predicted molar refractivity (Wildman–Crippen MR) is 52.1 cm³/mol. The van der Waals surface area contributed by atoms with Crippen molar-refractivity contribution in [3.05, 3.63) is 5.82 Å². The second-order valence-electron chi connectivity index (χ2n) is 2.92. The van der Waals surface area contributed by atoms with Gasteiger partial charge in [0.2, 0.25) is 11.0 Å². The van der Waals surface area contributed by atoms with Crippen LogP contribution in [0, 0.1) is 0 Å². The SMILES string of the molecule is CNCCN(C)c1nc(C(F)(F)F)ns1. The summed E-state index contributed by atoms with van der Waals surface area (Å²) in [5.74, 6) is -1.07. The van der Waals surface area contributed by atoms with Crippen LogP contribution in [0.4, 0.5) is 18.3 Å². The van der Waals surface area contributed by atoms with Gasteiger partial charge in [-0.15, -0.1) is 0 Å². The van der Waals surface area contributed by atoms with Gasteiger partial charge in [-0.2, -0.15) is 22.5 Å². The fourth-order valence-corrected chi connectivity index (χ4v) is 1.53. The van der Waals surface area contributed by atoms with E-state index in [9.17, 15) is 13.2 Å². The van der Waals surface area contributed by atoms with Crippen molar-refractivity contribution in [1.29, 1.82) is 0 Å². The summed E-state index contributed by atoms with van der Waals surface area (Å²) in [6.45, 7) is 1.26. The van der Waals surface area contributed by atoms with Crippen molar-refractivity contribution in [3.8, 4) is 0 Å². The van der Waals surface area contributed by atoms with Gasteiger partial charge in [0.15, 0.2) is 0 Å². The molecule has 1 aromatic heterocycles. The van der Waals surface area contributed by atoms with Crippen LogP contribution in [0.15, 0.2) is 0 Å². The summed E-state index contributed by atoms with van der Waals surface area (Å²) < 4.78 is 39.8. The Hall–Kier alpha value is -0.890. The van der Waals surface area contributed by atoms with E-state index in [0.29, 0.717) is 13.1 Å². The van der Waals surface area contributed by atoms with Gasteiger partial charge in [-0.05, 0) is 7.05 Å². The van der Waals surface area contributed by atoms with Crippen LogP contribution in [-0.4, -0.2) is 36.5 Å². The Labute approximate surface area is 89.3 Å². The number of rotatable bonds is 4. The van der Waals surface area contributed by atoms with Crippen LogP contribution >= 0.6 is 11.5 Å². The van der Waals surface area contributed by atoms with E-state index in [0.717, 1.165) is 11.5 Å². The Morgan fingerprint density at radius 3 is 2.60 bits per heavy atom. The molecule has 0 aliphatic carbocycles. The third kappa shape index (κ3) is 3.31. The van der Waals surface area contributed by atoms with Gasteiger partial charge in [-0.3, -0.25) is 0 Å². The maximum absolute atomic E-state index is 12.2. The number of likely N-dealkylation sites (N-methyl/N-ethyl adjacent to an activating group) is 2. The lowest BCUT2D eigenvalue weighted by Gasteiger charge is -2.13. The molecule has 0 aliphatic heterocycles. The van der Waals surface area contributed by atoms with Gasteiger partial charge >= 0.3 is 6.18 Å². The van der Waals surface area contributed by atoms with Gasteiger partial charge in [0.1, 0.15) is 0 Å². The van der Waals surface area contributed by atoms with Gasteiger partial charge in [-0.25, -0.2) is 0 Å². The number of hydrogen-bond acceptors (Lipinski definition) is 5. The van der Waals surface area contributed by atoms with E-state index in [1.807, 2.05) is 0 Å². The van der Waals surface area contributed by atoms with Crippen LogP contribution in [0.25, 0.3) is 0 Å². The molecule has 1 N–H and O–H groups in total. The number of nitrogens with one attached hydrogen (secondary N) is 1. The first-order valence-corrected chi connectivity index (χ1v) is 4.99. The molecule has 0 atom stereocenters. The summed E-state index contributed by atoms with van der Waals surface area (Å²) in [5, 5.41) is 3.17. The summed E-state index contributed by atoms with van der Waals surface area (Å²) in [4.78, 5) is 5.04. The molecule has 0 saturated heterocycles. The van der Waals surface area contributed by atoms with Gasteiger partial charge in [0.05, 0.1) is 0 Å². The zero-order valence-electron chi connectivity index (χ0n) is 8.30. The molecule has 0 amide bonds. The molecular formula is C7H11F3N4S. The van der Waals surface area contributed by atoms with Crippen LogP contribution in [-0.2, 0) is 6.18 Å². The molecule has 1 heterocycles. The van der Waals surface area contributed by atoms with Gasteiger partial charge < -0.3 is 10.2 Å². The summed E-state index contributed by atoms with van der Waals surface area (Å²) >= 11 is 0.752. The highest BCUT2D eigenvalue weighted by molar-refractivity contribution is 7.09. The molecule has 4 nitrogen and oxygen atoms in total. The van der Waals surface area contributed by atoms with Crippen LogP contribution in [0.3, 0.4) is 0 Å². The first-order chi connectivity index (χ1) is 6.95. The van der Waals surface area contributed by atoms with E-state index in [2.05, 4.69) is 14.7 Å². The van der Waals surface area contributed by atoms with Crippen LogP contribution in [0.5, 0.6) is 0 Å². The second kappa shape index (κ2) is 4.75. The lowest BCUT2D eigenvalue weighted by Crippen LogP contribution is -2.27. The predicted octanol–water partition coefficient (Wildman–Crippen LogP) is 1.21. The summed E-state index contributed by atoms with van der Waals surface area (Å²) in [7, 11) is 3.45. The van der Waals surface area contributed by atoms with Crippen LogP contribution in [0.1, 0.15) is 5.82 Å². The van der Waals surface area contributed by atoms with E-state index < -0.39 is 12.0 Å². The van der Waals surface area contributed by atoms with Crippen LogP contribution < -0.4 is 10.2 Å². The molecule has 0 saturated carbocycles. The van der Waals surface area contributed by atoms with Crippen molar-refractivity contribution < 1.29 is 13.2 Å². The summed E-state index contributed by atoms with van der Waals surface area (Å²) in [5.41, 5.74) is 0. The molecular weight excluding hydrogens is 229 g/mol. The molecule has 0 aromatic carbocycles. The Morgan fingerprint density at radius 1 is 1.47 bits per heavy atom. The van der Waals surface area contributed by atoms with Gasteiger partial charge in [0.25, 0.3) is 0 Å². The number of aromatic nitrogens is 2. The molecule has 0 aliphatic rings. The minimum atomic E-state index is -4.46. The van der Waals surface area contributed by atoms with E-state index in [1.54, 1.807) is 19.0 Å². The first kappa shape index (κ1) is 12.2. The Balaban J connectivity index is 2.67. The minimum Gasteiger partial charge on any atom is -0.349 e.